The number of rotatable bonds is 15. The van der Waals surface area contributed by atoms with E-state index < -0.39 is 14.5 Å². The number of halogens is 1. The summed E-state index contributed by atoms with van der Waals surface area (Å²) in [6.07, 6.45) is 3.33. The smallest absolute Gasteiger partial charge is 0.404 e. The molecule has 31 heavy (non-hydrogen) atoms. The van der Waals surface area contributed by atoms with Crippen molar-refractivity contribution < 1.29 is 37.6 Å². The van der Waals surface area contributed by atoms with Gasteiger partial charge in [0.15, 0.2) is 5.78 Å². The van der Waals surface area contributed by atoms with Crippen LogP contribution in [0.4, 0.5) is 4.39 Å². The number of phosphoric ester groups is 1. The molecular formula is C19H27FN3O7P. The van der Waals surface area contributed by atoms with Gasteiger partial charge >= 0.3 is 7.82 Å². The molecule has 10 nitrogen and oxygen atoms in total. The van der Waals surface area contributed by atoms with Gasteiger partial charge in [-0.25, -0.2) is 8.96 Å². The Morgan fingerprint density at radius 3 is 2.65 bits per heavy atom. The topological polar surface area (TPSA) is 172 Å². The predicted molar refractivity (Wildman–Crippen MR) is 111 cm³/mol. The number of ether oxygens (including phenoxy) is 1. The highest BCUT2D eigenvalue weighted by Gasteiger charge is 2.18. The molecule has 0 aliphatic rings. The molecule has 0 heterocycles. The van der Waals surface area contributed by atoms with Crippen LogP contribution in [0.5, 0.6) is 5.75 Å². The van der Waals surface area contributed by atoms with Crippen molar-refractivity contribution in [3.05, 3.63) is 41.1 Å². The zero-order valence-corrected chi connectivity index (χ0v) is 17.8. The van der Waals surface area contributed by atoms with E-state index in [1.165, 1.54) is 24.3 Å². The molecular weight excluding hydrogens is 432 g/mol. The van der Waals surface area contributed by atoms with E-state index >= 15 is 0 Å². The molecule has 0 aliphatic heterocycles. The van der Waals surface area contributed by atoms with Crippen molar-refractivity contribution in [3.63, 3.8) is 0 Å². The summed E-state index contributed by atoms with van der Waals surface area (Å²) in [4.78, 5) is 41.0. The fourth-order valence-corrected chi connectivity index (χ4v) is 2.91. The molecule has 1 amide bonds. The molecule has 1 rings (SSSR count). The summed E-state index contributed by atoms with van der Waals surface area (Å²) in [5.74, 6) is -0.723. The van der Waals surface area contributed by atoms with Crippen molar-refractivity contribution in [2.45, 2.75) is 32.4 Å². The van der Waals surface area contributed by atoms with E-state index in [0.29, 0.717) is 25.0 Å². The summed E-state index contributed by atoms with van der Waals surface area (Å²) < 4.78 is 33.7. The van der Waals surface area contributed by atoms with Gasteiger partial charge in [-0.2, -0.15) is 0 Å². The van der Waals surface area contributed by atoms with Gasteiger partial charge in [-0.1, -0.05) is 6.07 Å². The molecule has 0 fully saturated rings. The average Bonchev–Trinajstić information content (AvgIpc) is 2.70. The number of nitrogens with two attached hydrogens (primary N) is 1. The second kappa shape index (κ2) is 13.7. The number of benzene rings is 1. The minimum atomic E-state index is -4.78. The number of hydrogen-bond donors (Lipinski definition) is 5. The van der Waals surface area contributed by atoms with Crippen molar-refractivity contribution >= 4 is 25.7 Å². The molecule has 12 heteroatoms. The van der Waals surface area contributed by atoms with Crippen LogP contribution in [0.25, 0.3) is 0 Å². The first-order chi connectivity index (χ1) is 14.7. The third kappa shape index (κ3) is 11.4. The fourth-order valence-electron chi connectivity index (χ4n) is 2.47. The SMILES string of the molecule is N=CC=C(N)C(=O)CCCOCCC(=O)NCCc1ccc(OP(=O)(O)O)c(CF)c1. The van der Waals surface area contributed by atoms with Crippen LogP contribution >= 0.6 is 7.82 Å². The van der Waals surface area contributed by atoms with Gasteiger partial charge < -0.3 is 25.7 Å². The summed E-state index contributed by atoms with van der Waals surface area (Å²) in [6.45, 7) is -0.182. The molecule has 0 aliphatic carbocycles. The number of ketones is 1. The number of phosphoric acid groups is 1. The van der Waals surface area contributed by atoms with Gasteiger partial charge in [-0.3, -0.25) is 19.4 Å². The fraction of sp³-hybridized carbons (Fsp3) is 0.421. The Morgan fingerprint density at radius 2 is 2.00 bits per heavy atom. The minimum absolute atomic E-state index is 0.00843. The van der Waals surface area contributed by atoms with Crippen molar-refractivity contribution in [2.75, 3.05) is 19.8 Å². The maximum Gasteiger partial charge on any atom is 0.524 e. The first kappa shape index (κ1) is 26.4. The summed E-state index contributed by atoms with van der Waals surface area (Å²) >= 11 is 0. The highest BCUT2D eigenvalue weighted by atomic mass is 31.2. The first-order valence-electron chi connectivity index (χ1n) is 9.43. The van der Waals surface area contributed by atoms with Gasteiger partial charge in [-0.15, -0.1) is 0 Å². The van der Waals surface area contributed by atoms with E-state index in [2.05, 4.69) is 9.84 Å². The van der Waals surface area contributed by atoms with Gasteiger partial charge in [-0.05, 0) is 36.6 Å². The van der Waals surface area contributed by atoms with Crippen LogP contribution in [0.1, 0.15) is 30.4 Å². The van der Waals surface area contributed by atoms with Crippen LogP contribution in [-0.4, -0.2) is 47.5 Å². The van der Waals surface area contributed by atoms with Crippen LogP contribution in [0.3, 0.4) is 0 Å². The number of carbonyl (C=O) groups excluding carboxylic acids is 2. The number of Topliss-reactive ketones (excluding diaryl/α,β-unsaturated/α-hetero) is 1. The molecule has 0 saturated carbocycles. The Morgan fingerprint density at radius 1 is 1.26 bits per heavy atom. The van der Waals surface area contributed by atoms with E-state index in [1.54, 1.807) is 0 Å². The summed E-state index contributed by atoms with van der Waals surface area (Å²) in [5, 5.41) is 9.54. The Bertz CT molecular complexity index is 842. The Kier molecular flexibility index (Phi) is 11.7. The summed E-state index contributed by atoms with van der Waals surface area (Å²) in [5.41, 5.74) is 6.16. The average molecular weight is 459 g/mol. The highest BCUT2D eigenvalue weighted by molar-refractivity contribution is 7.46. The quantitative estimate of drug-likeness (QED) is 0.114. The molecule has 0 saturated heterocycles. The molecule has 1 aromatic rings. The highest BCUT2D eigenvalue weighted by Crippen LogP contribution is 2.39. The molecule has 0 bridgehead atoms. The van der Waals surface area contributed by atoms with Crippen LogP contribution in [-0.2, 0) is 32.0 Å². The van der Waals surface area contributed by atoms with E-state index in [4.69, 9.17) is 25.7 Å². The summed E-state index contributed by atoms with van der Waals surface area (Å²) in [6, 6.07) is 4.23. The Balaban J connectivity index is 2.26. The van der Waals surface area contributed by atoms with Crippen molar-refractivity contribution in [3.8, 4) is 5.75 Å². The third-order valence-corrected chi connectivity index (χ3v) is 4.41. The lowest BCUT2D eigenvalue weighted by atomic mass is 10.1. The molecule has 0 unspecified atom stereocenters. The standard InChI is InChI=1S/C19H27FN3O7P/c20-13-15-12-14(3-4-18(15)30-31(26,27)28)6-9-23-19(25)7-11-29-10-1-2-17(24)16(22)5-8-21/h3-5,8,12,21H,1-2,6-7,9-11,13,22H2,(H,23,25)(H2,26,27,28). The van der Waals surface area contributed by atoms with Gasteiger partial charge in [0.1, 0.15) is 12.4 Å². The lowest BCUT2D eigenvalue weighted by Crippen LogP contribution is -2.26. The second-order valence-electron chi connectivity index (χ2n) is 6.44. The zero-order chi connectivity index (χ0) is 23.3. The van der Waals surface area contributed by atoms with Gasteiger partial charge in [0, 0.05) is 37.8 Å². The number of amides is 1. The van der Waals surface area contributed by atoms with Crippen LogP contribution in [0.15, 0.2) is 30.0 Å². The Hall–Kier alpha value is -2.59. The lowest BCUT2D eigenvalue weighted by molar-refractivity contribution is -0.122. The number of carbonyl (C=O) groups is 2. The minimum Gasteiger partial charge on any atom is -0.404 e. The molecule has 0 spiro atoms. The van der Waals surface area contributed by atoms with E-state index in [1.807, 2.05) is 0 Å². The van der Waals surface area contributed by atoms with E-state index in [0.717, 1.165) is 6.21 Å². The van der Waals surface area contributed by atoms with Crippen LogP contribution in [0.2, 0.25) is 0 Å². The van der Waals surface area contributed by atoms with E-state index in [9.17, 15) is 18.5 Å². The van der Waals surface area contributed by atoms with Crippen LogP contribution in [0, 0.1) is 5.41 Å². The van der Waals surface area contributed by atoms with Gasteiger partial charge in [0.25, 0.3) is 0 Å². The second-order valence-corrected chi connectivity index (χ2v) is 7.60. The van der Waals surface area contributed by atoms with Crippen LogP contribution < -0.4 is 15.6 Å². The largest absolute Gasteiger partial charge is 0.524 e. The zero-order valence-electron chi connectivity index (χ0n) is 16.9. The molecule has 0 atom stereocenters. The van der Waals surface area contributed by atoms with Crippen molar-refractivity contribution in [2.24, 2.45) is 5.73 Å². The first-order valence-corrected chi connectivity index (χ1v) is 11.0. The molecule has 6 N–H and O–H groups in total. The van der Waals surface area contributed by atoms with Gasteiger partial charge in [0.2, 0.25) is 5.91 Å². The predicted octanol–water partition coefficient (Wildman–Crippen LogP) is 1.53. The number of hydrogen-bond acceptors (Lipinski definition) is 7. The Labute approximate surface area is 179 Å². The number of alkyl halides is 1. The van der Waals surface area contributed by atoms with Gasteiger partial charge in [0.05, 0.1) is 12.3 Å². The maximum atomic E-state index is 13.1. The number of nitrogens with one attached hydrogen (secondary N) is 2. The monoisotopic (exact) mass is 459 g/mol. The number of allylic oxidation sites excluding steroid dienone is 2. The maximum absolute atomic E-state index is 13.1. The molecule has 0 aromatic heterocycles. The molecule has 172 valence electrons. The normalized spacial score (nSPS) is 11.8. The van der Waals surface area contributed by atoms with E-state index in [-0.39, 0.29) is 54.7 Å². The lowest BCUT2D eigenvalue weighted by Gasteiger charge is -2.12. The van der Waals surface area contributed by atoms with Crippen molar-refractivity contribution in [1.82, 2.24) is 5.32 Å². The molecule has 0 radical (unpaired) electrons. The van der Waals surface area contributed by atoms with Crippen molar-refractivity contribution in [1.29, 1.82) is 5.41 Å². The molecule has 1 aromatic carbocycles. The third-order valence-electron chi connectivity index (χ3n) is 3.97. The summed E-state index contributed by atoms with van der Waals surface area (Å²) in [7, 11) is -4.78.